The van der Waals surface area contributed by atoms with Crippen LogP contribution < -0.4 is 5.14 Å². The van der Waals surface area contributed by atoms with Crippen LogP contribution in [-0.2, 0) is 23.8 Å². The van der Waals surface area contributed by atoms with Gasteiger partial charge < -0.3 is 5.11 Å². The molecule has 1 fully saturated rings. The number of carbonyl (C=O) groups is 1. The number of nitrogens with zero attached hydrogens (tertiary/aromatic N) is 3. The highest BCUT2D eigenvalue weighted by atomic mass is 32.2. The summed E-state index contributed by atoms with van der Waals surface area (Å²) in [5.74, 6) is -1.67. The second kappa shape index (κ2) is 11.3. The summed E-state index contributed by atoms with van der Waals surface area (Å²) in [5, 5.41) is 21.7. The highest BCUT2D eigenvalue weighted by Crippen LogP contribution is 2.39. The average Bonchev–Trinajstić information content (AvgIpc) is 3.52. The van der Waals surface area contributed by atoms with Gasteiger partial charge in [0.25, 0.3) is 0 Å². The van der Waals surface area contributed by atoms with E-state index < -0.39 is 22.8 Å². The third-order valence-electron chi connectivity index (χ3n) is 7.39. The minimum absolute atomic E-state index is 0.0918. The predicted octanol–water partition coefficient (Wildman–Crippen LogP) is 6.47. The minimum atomic E-state index is -1.83. The number of carboxylic acid groups (broad SMARTS) is 1. The topological polar surface area (TPSA) is 111 Å². The Kier molecular flexibility index (Phi) is 7.56. The van der Waals surface area contributed by atoms with Crippen molar-refractivity contribution in [2.75, 3.05) is 0 Å². The average molecular weight is 605 g/mol. The minimum Gasteiger partial charge on any atom is -0.476 e. The zero-order chi connectivity index (χ0) is 29.5. The molecular formula is C31H26F2N4O3S2. The van der Waals surface area contributed by atoms with E-state index in [2.05, 4.69) is 4.98 Å². The summed E-state index contributed by atoms with van der Waals surface area (Å²) < 4.78 is 43.8. The van der Waals surface area contributed by atoms with E-state index >= 15 is 8.78 Å². The Morgan fingerprint density at radius 3 is 2.45 bits per heavy atom. The van der Waals surface area contributed by atoms with Gasteiger partial charge in [-0.2, -0.15) is 5.10 Å². The first-order valence-electron chi connectivity index (χ1n) is 13.3. The van der Waals surface area contributed by atoms with E-state index in [4.69, 9.17) is 10.2 Å². The van der Waals surface area contributed by atoms with Crippen molar-refractivity contribution in [2.24, 2.45) is 11.1 Å². The van der Waals surface area contributed by atoms with Crippen LogP contribution in [0.5, 0.6) is 0 Å². The highest BCUT2D eigenvalue weighted by molar-refractivity contribution is 7.82. The summed E-state index contributed by atoms with van der Waals surface area (Å²) >= 11 is 1.16. The number of benzene rings is 3. The molecule has 0 amide bonds. The molecule has 11 heteroatoms. The highest BCUT2D eigenvalue weighted by Gasteiger charge is 2.30. The molecular weight excluding hydrogens is 578 g/mol. The van der Waals surface area contributed by atoms with Gasteiger partial charge in [0.15, 0.2) is 5.69 Å². The summed E-state index contributed by atoms with van der Waals surface area (Å²) in [5.41, 5.74) is 5.12. The van der Waals surface area contributed by atoms with Crippen LogP contribution in [0.3, 0.4) is 0 Å². The van der Waals surface area contributed by atoms with Gasteiger partial charge in [0.2, 0.25) is 5.13 Å². The molecule has 1 atom stereocenters. The third kappa shape index (κ3) is 5.67. The van der Waals surface area contributed by atoms with Crippen molar-refractivity contribution in [3.63, 3.8) is 0 Å². The monoisotopic (exact) mass is 604 g/mol. The number of hydrogen-bond acceptors (Lipinski definition) is 5. The number of nitrogens with two attached hydrogens (primary N) is 1. The number of aromatic carboxylic acids is 1. The van der Waals surface area contributed by atoms with Gasteiger partial charge in [-0.05, 0) is 73.6 Å². The Labute approximate surface area is 247 Å². The van der Waals surface area contributed by atoms with Crippen LogP contribution in [0.25, 0.3) is 27.5 Å². The van der Waals surface area contributed by atoms with Crippen LogP contribution >= 0.6 is 11.3 Å². The zero-order valence-electron chi connectivity index (χ0n) is 22.5. The molecule has 1 saturated carbocycles. The van der Waals surface area contributed by atoms with Gasteiger partial charge in [-0.25, -0.2) is 32.6 Å². The van der Waals surface area contributed by atoms with Crippen LogP contribution in [0.15, 0.2) is 70.9 Å². The van der Waals surface area contributed by atoms with Crippen LogP contribution in [-0.4, -0.2) is 30.0 Å². The lowest BCUT2D eigenvalue weighted by atomic mass is 9.94. The molecule has 0 spiro atoms. The summed E-state index contributed by atoms with van der Waals surface area (Å²) in [6.07, 6.45) is 2.87. The first-order chi connectivity index (χ1) is 20.2. The normalized spacial score (nSPS) is 13.8. The lowest BCUT2D eigenvalue weighted by Crippen LogP contribution is -2.07. The first kappa shape index (κ1) is 28.1. The smallest absolute Gasteiger partial charge is 0.355 e. The molecule has 5 aromatic rings. The molecule has 0 radical (unpaired) electrons. The Morgan fingerprint density at radius 1 is 1.07 bits per heavy atom. The van der Waals surface area contributed by atoms with E-state index in [1.807, 2.05) is 31.2 Å². The lowest BCUT2D eigenvalue weighted by Gasteiger charge is -2.11. The molecule has 1 unspecified atom stereocenters. The van der Waals surface area contributed by atoms with Crippen LogP contribution in [0.4, 0.5) is 8.78 Å². The molecule has 3 aromatic carbocycles. The molecule has 0 aliphatic heterocycles. The SMILES string of the molecule is Cc1ccc(-c2cc(-c3nn(-c4nc(C(=O)O)cs4)c(CC4CC4)c3Cc3ccc(S(N)=O)cc3F)ccc2F)cc1. The molecule has 7 nitrogen and oxygen atoms in total. The second-order valence-corrected chi connectivity index (χ2v) is 12.3. The van der Waals surface area contributed by atoms with Crippen molar-refractivity contribution in [1.29, 1.82) is 0 Å². The van der Waals surface area contributed by atoms with Crippen molar-refractivity contribution < 1.29 is 22.9 Å². The quantitative estimate of drug-likeness (QED) is 0.200. The second-order valence-electron chi connectivity index (χ2n) is 10.4. The largest absolute Gasteiger partial charge is 0.476 e. The van der Waals surface area contributed by atoms with E-state index in [0.29, 0.717) is 45.4 Å². The molecule has 1 aliphatic carbocycles. The fourth-order valence-electron chi connectivity index (χ4n) is 4.94. The molecule has 0 saturated heterocycles. The fraction of sp³-hybridized carbons (Fsp3) is 0.194. The van der Waals surface area contributed by atoms with E-state index in [9.17, 15) is 14.1 Å². The van der Waals surface area contributed by atoms with E-state index in [-0.39, 0.29) is 22.8 Å². The summed E-state index contributed by atoms with van der Waals surface area (Å²) in [6, 6.07) is 16.6. The Bertz CT molecular complexity index is 1850. The molecule has 0 bridgehead atoms. The molecule has 6 rings (SSSR count). The molecule has 1 aliphatic rings. The maximum absolute atomic E-state index is 15.3. The van der Waals surface area contributed by atoms with E-state index in [1.54, 1.807) is 22.9 Å². The third-order valence-corrected chi connectivity index (χ3v) is 8.92. The Morgan fingerprint density at radius 2 is 1.81 bits per heavy atom. The molecule has 42 heavy (non-hydrogen) atoms. The van der Waals surface area contributed by atoms with Crippen LogP contribution in [0.2, 0.25) is 0 Å². The maximum atomic E-state index is 15.3. The van der Waals surface area contributed by atoms with Crippen molar-refractivity contribution >= 4 is 28.3 Å². The lowest BCUT2D eigenvalue weighted by molar-refractivity contribution is 0.0691. The van der Waals surface area contributed by atoms with Gasteiger partial charge in [-0.15, -0.1) is 11.3 Å². The molecule has 3 N–H and O–H groups in total. The number of aryl methyl sites for hydroxylation is 1. The molecule has 2 aromatic heterocycles. The van der Waals surface area contributed by atoms with Gasteiger partial charge in [0.1, 0.15) is 22.6 Å². The Balaban J connectivity index is 1.54. The molecule has 214 valence electrons. The fourth-order valence-corrected chi connectivity index (χ4v) is 6.13. The van der Waals surface area contributed by atoms with Gasteiger partial charge in [0, 0.05) is 28.5 Å². The summed E-state index contributed by atoms with van der Waals surface area (Å²) in [7, 11) is -1.83. The predicted molar refractivity (Wildman–Crippen MR) is 158 cm³/mol. The van der Waals surface area contributed by atoms with Gasteiger partial charge in [0.05, 0.1) is 16.3 Å². The van der Waals surface area contributed by atoms with E-state index in [1.165, 1.54) is 23.6 Å². The van der Waals surface area contributed by atoms with Crippen LogP contribution in [0, 0.1) is 24.5 Å². The summed E-state index contributed by atoms with van der Waals surface area (Å²) in [4.78, 5) is 16.1. The van der Waals surface area contributed by atoms with Gasteiger partial charge >= 0.3 is 5.97 Å². The molecule has 2 heterocycles. The maximum Gasteiger partial charge on any atom is 0.355 e. The number of carboxylic acids is 1. The van der Waals surface area contributed by atoms with Crippen molar-refractivity contribution in [2.45, 2.75) is 37.5 Å². The Hall–Kier alpha value is -4.06. The number of rotatable bonds is 9. The van der Waals surface area contributed by atoms with Crippen molar-refractivity contribution in [1.82, 2.24) is 14.8 Å². The van der Waals surface area contributed by atoms with Gasteiger partial charge in [-0.3, -0.25) is 0 Å². The number of hydrogen-bond donors (Lipinski definition) is 2. The van der Waals surface area contributed by atoms with Crippen LogP contribution in [0.1, 0.15) is 45.7 Å². The number of halogens is 2. The van der Waals surface area contributed by atoms with Crippen molar-refractivity contribution in [3.8, 4) is 27.5 Å². The summed E-state index contributed by atoms with van der Waals surface area (Å²) in [6.45, 7) is 1.96. The first-order valence-corrected chi connectivity index (χ1v) is 15.4. The van der Waals surface area contributed by atoms with Gasteiger partial charge in [-0.1, -0.05) is 35.9 Å². The zero-order valence-corrected chi connectivity index (χ0v) is 24.1. The van der Waals surface area contributed by atoms with E-state index in [0.717, 1.165) is 41.0 Å². The van der Waals surface area contributed by atoms with Crippen molar-refractivity contribution in [3.05, 3.63) is 106 Å². The standard InChI is InChI=1S/C31H26F2N4O3S2/c1-17-2-6-19(7-3-17)23-14-21(9-11-25(23)32)29-24(13-20-8-10-22(42(34)40)15-26(20)33)28(12-18-4-5-18)37(36-29)31-35-27(16-41-31)30(38)39/h2-3,6-11,14-16,18H,4-5,12-13,34H2,1H3,(H,38,39). The number of thiazole rings is 1. The number of aromatic nitrogens is 3.